The molecule has 0 saturated carbocycles. The van der Waals surface area contributed by atoms with Gasteiger partial charge in [-0.05, 0) is 49.4 Å². The van der Waals surface area contributed by atoms with E-state index in [9.17, 15) is 9.90 Å². The molecule has 2 aromatic carbocycles. The molecule has 0 saturated heterocycles. The van der Waals surface area contributed by atoms with Crippen LogP contribution in [0.15, 0.2) is 57.7 Å². The maximum Gasteiger partial charge on any atom is 0.193 e. The number of phenolic OH excluding ortho intramolecular Hbond substituents is 1. The summed E-state index contributed by atoms with van der Waals surface area (Å²) in [7, 11) is 0. The van der Waals surface area contributed by atoms with Gasteiger partial charge in [-0.25, -0.2) is 0 Å². The van der Waals surface area contributed by atoms with E-state index in [1.54, 1.807) is 6.07 Å². The predicted octanol–water partition coefficient (Wildman–Crippen LogP) is 3.56. The van der Waals surface area contributed by atoms with E-state index in [1.165, 1.54) is 18.2 Å². The second-order valence-corrected chi connectivity index (χ2v) is 4.61. The molecule has 4 nitrogen and oxygen atoms in total. The van der Waals surface area contributed by atoms with Crippen LogP contribution < -0.4 is 10.2 Å². The van der Waals surface area contributed by atoms with Gasteiger partial charge >= 0.3 is 0 Å². The van der Waals surface area contributed by atoms with Gasteiger partial charge in [0.2, 0.25) is 0 Å². The van der Waals surface area contributed by atoms with E-state index in [2.05, 4.69) is 0 Å². The van der Waals surface area contributed by atoms with Crippen molar-refractivity contribution in [3.63, 3.8) is 0 Å². The zero-order valence-electron chi connectivity index (χ0n) is 11.5. The summed E-state index contributed by atoms with van der Waals surface area (Å²) in [5.41, 5.74) is 1.06. The van der Waals surface area contributed by atoms with Gasteiger partial charge in [0.05, 0.1) is 12.0 Å². The fourth-order valence-electron chi connectivity index (χ4n) is 2.17. The fraction of sp³-hybridized carbons (Fsp3) is 0.118. The number of rotatable bonds is 3. The quantitative estimate of drug-likeness (QED) is 0.798. The van der Waals surface area contributed by atoms with Crippen molar-refractivity contribution in [1.29, 1.82) is 0 Å². The Morgan fingerprint density at radius 1 is 1.10 bits per heavy atom. The van der Waals surface area contributed by atoms with E-state index >= 15 is 0 Å². The van der Waals surface area contributed by atoms with Crippen molar-refractivity contribution in [2.75, 3.05) is 6.61 Å². The largest absolute Gasteiger partial charge is 0.508 e. The Labute approximate surface area is 121 Å². The third-order valence-electron chi connectivity index (χ3n) is 3.16. The molecule has 0 amide bonds. The van der Waals surface area contributed by atoms with E-state index in [0.717, 1.165) is 11.3 Å². The molecule has 0 fully saturated rings. The van der Waals surface area contributed by atoms with Gasteiger partial charge in [-0.2, -0.15) is 0 Å². The minimum absolute atomic E-state index is 0.0450. The van der Waals surface area contributed by atoms with Crippen LogP contribution in [-0.4, -0.2) is 11.7 Å². The minimum atomic E-state index is -0.184. The number of aromatic hydroxyl groups is 1. The molecule has 0 aliphatic carbocycles. The van der Waals surface area contributed by atoms with Crippen molar-refractivity contribution >= 4 is 11.0 Å². The van der Waals surface area contributed by atoms with E-state index in [1.807, 2.05) is 31.2 Å². The average molecular weight is 282 g/mol. The van der Waals surface area contributed by atoms with Gasteiger partial charge in [0, 0.05) is 11.6 Å². The molecule has 0 bridgehead atoms. The zero-order chi connectivity index (χ0) is 14.8. The number of hydrogen-bond donors (Lipinski definition) is 1. The maximum atomic E-state index is 12.1. The van der Waals surface area contributed by atoms with Crippen molar-refractivity contribution < 1.29 is 14.3 Å². The van der Waals surface area contributed by atoms with Crippen molar-refractivity contribution in [3.05, 3.63) is 58.8 Å². The molecule has 1 heterocycles. The lowest BCUT2D eigenvalue weighted by Gasteiger charge is -2.06. The lowest BCUT2D eigenvalue weighted by molar-refractivity contribution is 0.340. The zero-order valence-corrected chi connectivity index (χ0v) is 11.5. The lowest BCUT2D eigenvalue weighted by Crippen LogP contribution is -2.00. The van der Waals surface area contributed by atoms with E-state index < -0.39 is 0 Å². The van der Waals surface area contributed by atoms with Gasteiger partial charge in [0.25, 0.3) is 0 Å². The SMILES string of the molecule is CCOc1ccc(-c2cc(=O)c3cc(O)ccc3o2)cc1. The van der Waals surface area contributed by atoms with E-state index in [-0.39, 0.29) is 11.2 Å². The smallest absolute Gasteiger partial charge is 0.193 e. The van der Waals surface area contributed by atoms with Crippen LogP contribution >= 0.6 is 0 Å². The van der Waals surface area contributed by atoms with Gasteiger partial charge in [0.15, 0.2) is 5.43 Å². The summed E-state index contributed by atoms with van der Waals surface area (Å²) in [6.45, 7) is 2.53. The summed E-state index contributed by atoms with van der Waals surface area (Å²) in [5, 5.41) is 9.79. The Morgan fingerprint density at radius 3 is 2.57 bits per heavy atom. The normalized spacial score (nSPS) is 10.7. The third-order valence-corrected chi connectivity index (χ3v) is 3.16. The van der Waals surface area contributed by atoms with E-state index in [4.69, 9.17) is 9.15 Å². The molecule has 1 aromatic heterocycles. The van der Waals surface area contributed by atoms with Crippen LogP contribution in [0.3, 0.4) is 0 Å². The summed E-state index contributed by atoms with van der Waals surface area (Å²) in [4.78, 5) is 12.1. The minimum Gasteiger partial charge on any atom is -0.508 e. The summed E-state index contributed by atoms with van der Waals surface area (Å²) in [6, 6.07) is 13.3. The fourth-order valence-corrected chi connectivity index (χ4v) is 2.17. The molecule has 0 spiro atoms. The molecular weight excluding hydrogens is 268 g/mol. The molecule has 0 unspecified atom stereocenters. The second kappa shape index (κ2) is 5.32. The van der Waals surface area contributed by atoms with Crippen molar-refractivity contribution in [2.24, 2.45) is 0 Å². The first-order valence-corrected chi connectivity index (χ1v) is 6.67. The van der Waals surface area contributed by atoms with Crippen LogP contribution in [0.4, 0.5) is 0 Å². The second-order valence-electron chi connectivity index (χ2n) is 4.61. The molecule has 21 heavy (non-hydrogen) atoms. The van der Waals surface area contributed by atoms with Crippen LogP contribution in [0.2, 0.25) is 0 Å². The van der Waals surface area contributed by atoms with Crippen LogP contribution in [0, 0.1) is 0 Å². The number of phenols is 1. The first kappa shape index (κ1) is 13.2. The first-order chi connectivity index (χ1) is 10.2. The molecule has 106 valence electrons. The lowest BCUT2D eigenvalue weighted by atomic mass is 10.1. The summed E-state index contributed by atoms with van der Waals surface area (Å²) >= 11 is 0. The van der Waals surface area contributed by atoms with Crippen molar-refractivity contribution in [2.45, 2.75) is 6.92 Å². The summed E-state index contributed by atoms with van der Waals surface area (Å²) in [6.07, 6.45) is 0. The Bertz CT molecular complexity index is 832. The summed E-state index contributed by atoms with van der Waals surface area (Å²) in [5.74, 6) is 1.30. The van der Waals surface area contributed by atoms with Crippen LogP contribution in [0.25, 0.3) is 22.3 Å². The highest BCUT2D eigenvalue weighted by atomic mass is 16.5. The van der Waals surface area contributed by atoms with Gasteiger partial charge in [-0.3, -0.25) is 4.79 Å². The van der Waals surface area contributed by atoms with Crippen LogP contribution in [0.5, 0.6) is 11.5 Å². The van der Waals surface area contributed by atoms with Crippen LogP contribution in [0.1, 0.15) is 6.92 Å². The van der Waals surface area contributed by atoms with Gasteiger partial charge in [-0.15, -0.1) is 0 Å². The Balaban J connectivity index is 2.08. The molecule has 3 rings (SSSR count). The van der Waals surface area contributed by atoms with Crippen molar-refractivity contribution in [1.82, 2.24) is 0 Å². The van der Waals surface area contributed by atoms with Crippen LogP contribution in [-0.2, 0) is 0 Å². The summed E-state index contributed by atoms with van der Waals surface area (Å²) < 4.78 is 11.1. The molecule has 0 aliphatic heterocycles. The highest BCUT2D eigenvalue weighted by molar-refractivity contribution is 5.80. The highest BCUT2D eigenvalue weighted by Crippen LogP contribution is 2.25. The number of hydrogen-bond acceptors (Lipinski definition) is 4. The molecule has 3 aromatic rings. The third kappa shape index (κ3) is 2.60. The molecule has 4 heteroatoms. The molecule has 0 radical (unpaired) electrons. The Hall–Kier alpha value is -2.75. The maximum absolute atomic E-state index is 12.1. The van der Waals surface area contributed by atoms with Gasteiger partial charge in [0.1, 0.15) is 22.8 Å². The van der Waals surface area contributed by atoms with Crippen molar-refractivity contribution in [3.8, 4) is 22.8 Å². The topological polar surface area (TPSA) is 59.7 Å². The number of fused-ring (bicyclic) bond motifs is 1. The highest BCUT2D eigenvalue weighted by Gasteiger charge is 2.08. The number of ether oxygens (including phenoxy) is 1. The van der Waals surface area contributed by atoms with Gasteiger partial charge in [-0.1, -0.05) is 0 Å². The standard InChI is InChI=1S/C17H14O4/c1-2-20-13-6-3-11(4-7-13)17-10-15(19)14-9-12(18)5-8-16(14)21-17/h3-10,18H,2H2,1H3. The molecule has 1 N–H and O–H groups in total. The van der Waals surface area contributed by atoms with E-state index in [0.29, 0.717) is 23.3 Å². The average Bonchev–Trinajstić information content (AvgIpc) is 2.49. The predicted molar refractivity (Wildman–Crippen MR) is 80.8 cm³/mol. The first-order valence-electron chi connectivity index (χ1n) is 6.67. The Kier molecular flexibility index (Phi) is 3.36. The number of benzene rings is 2. The Morgan fingerprint density at radius 2 is 1.86 bits per heavy atom. The molecule has 0 aliphatic rings. The van der Waals surface area contributed by atoms with Gasteiger partial charge < -0.3 is 14.3 Å². The monoisotopic (exact) mass is 282 g/mol. The molecule has 0 atom stereocenters. The molecular formula is C17H14O4.